The van der Waals surface area contributed by atoms with Crippen molar-refractivity contribution in [3.63, 3.8) is 0 Å². The molecule has 0 aliphatic heterocycles. The van der Waals surface area contributed by atoms with Gasteiger partial charge in [0.1, 0.15) is 11.7 Å². The predicted octanol–water partition coefficient (Wildman–Crippen LogP) is 0.589. The van der Waals surface area contributed by atoms with Crippen LogP contribution in [0.3, 0.4) is 0 Å². The van der Waals surface area contributed by atoms with Crippen LogP contribution in [0.5, 0.6) is 0 Å². The number of esters is 2. The lowest BCUT2D eigenvalue weighted by Crippen LogP contribution is -2.18. The fraction of sp³-hybridized carbons (Fsp3) is 0.462. The van der Waals surface area contributed by atoms with E-state index < -0.39 is 18.0 Å². The highest BCUT2D eigenvalue weighted by Gasteiger charge is 2.23. The number of hydrogen-bond donors (Lipinski definition) is 0. The second-order valence-corrected chi connectivity index (χ2v) is 4.57. The molecule has 118 valence electrons. The molecule has 9 heteroatoms. The quantitative estimate of drug-likeness (QED) is 0.745. The van der Waals surface area contributed by atoms with Crippen molar-refractivity contribution in [2.75, 3.05) is 13.7 Å². The Labute approximate surface area is 126 Å². The lowest BCUT2D eigenvalue weighted by Gasteiger charge is -2.07. The second kappa shape index (κ2) is 6.37. The second-order valence-electron chi connectivity index (χ2n) is 4.57. The first kappa shape index (κ1) is 15.7. The number of hydrogen-bond acceptors (Lipinski definition) is 7. The number of carbonyl (C=O) groups excluding carboxylic acids is 2. The summed E-state index contributed by atoms with van der Waals surface area (Å²) in [4.78, 5) is 23.4. The Morgan fingerprint density at radius 1 is 1.36 bits per heavy atom. The van der Waals surface area contributed by atoms with Crippen LogP contribution in [0.1, 0.15) is 30.4 Å². The van der Waals surface area contributed by atoms with E-state index in [1.807, 2.05) is 0 Å². The molecule has 22 heavy (non-hydrogen) atoms. The summed E-state index contributed by atoms with van der Waals surface area (Å²) in [7, 11) is 2.99. The van der Waals surface area contributed by atoms with Crippen molar-refractivity contribution >= 4 is 11.9 Å². The first-order valence-electron chi connectivity index (χ1n) is 6.68. The average Bonchev–Trinajstić information content (AvgIpc) is 3.12. The van der Waals surface area contributed by atoms with Gasteiger partial charge in [-0.15, -0.1) is 5.10 Å². The van der Waals surface area contributed by atoms with Gasteiger partial charge < -0.3 is 9.47 Å². The third-order valence-electron chi connectivity index (χ3n) is 3.02. The zero-order chi connectivity index (χ0) is 16.3. The molecule has 0 saturated heterocycles. The van der Waals surface area contributed by atoms with E-state index in [9.17, 15) is 9.59 Å². The van der Waals surface area contributed by atoms with Gasteiger partial charge in [0.2, 0.25) is 0 Å². The summed E-state index contributed by atoms with van der Waals surface area (Å²) in [5.74, 6) is -0.970. The Kier molecular flexibility index (Phi) is 4.54. The fourth-order valence-corrected chi connectivity index (χ4v) is 1.89. The van der Waals surface area contributed by atoms with Crippen LogP contribution in [0, 0.1) is 0 Å². The zero-order valence-corrected chi connectivity index (χ0v) is 12.8. The number of carbonyl (C=O) groups is 2. The van der Waals surface area contributed by atoms with Gasteiger partial charge in [0.05, 0.1) is 25.5 Å². The molecule has 0 amide bonds. The molecule has 0 bridgehead atoms. The molecule has 0 aliphatic carbocycles. The predicted molar refractivity (Wildman–Crippen MR) is 74.9 cm³/mol. The molecule has 0 saturated carbocycles. The van der Waals surface area contributed by atoms with E-state index in [0.29, 0.717) is 11.3 Å². The molecule has 0 fully saturated rings. The molecule has 0 aromatic carbocycles. The van der Waals surface area contributed by atoms with Crippen molar-refractivity contribution in [3.05, 3.63) is 18.1 Å². The van der Waals surface area contributed by atoms with E-state index in [1.165, 1.54) is 16.5 Å². The standard InChI is InChI=1S/C13H17N5O4/c1-5-22-13(20)11-9(6-17(3)15-11)10-7-18(16-14-10)8(2)12(19)21-4/h6-8H,5H2,1-4H3. The molecule has 2 aromatic rings. The summed E-state index contributed by atoms with van der Waals surface area (Å²) in [6, 6.07) is -0.617. The van der Waals surface area contributed by atoms with Crippen LogP contribution in [0.25, 0.3) is 11.3 Å². The maximum absolute atomic E-state index is 11.9. The van der Waals surface area contributed by atoms with Crippen LogP contribution >= 0.6 is 0 Å². The topological polar surface area (TPSA) is 101 Å². The Balaban J connectivity index is 2.35. The van der Waals surface area contributed by atoms with Crippen LogP contribution < -0.4 is 0 Å². The van der Waals surface area contributed by atoms with Crippen molar-refractivity contribution in [1.82, 2.24) is 24.8 Å². The average molecular weight is 307 g/mol. The first-order valence-corrected chi connectivity index (χ1v) is 6.68. The van der Waals surface area contributed by atoms with Crippen LogP contribution in [-0.2, 0) is 21.3 Å². The summed E-state index contributed by atoms with van der Waals surface area (Å²) in [6.07, 6.45) is 3.20. The van der Waals surface area contributed by atoms with Gasteiger partial charge in [-0.1, -0.05) is 5.21 Å². The van der Waals surface area contributed by atoms with Gasteiger partial charge in [0.25, 0.3) is 0 Å². The fourth-order valence-electron chi connectivity index (χ4n) is 1.89. The van der Waals surface area contributed by atoms with Crippen molar-refractivity contribution in [3.8, 4) is 11.3 Å². The van der Waals surface area contributed by atoms with E-state index in [0.717, 1.165) is 0 Å². The van der Waals surface area contributed by atoms with E-state index in [4.69, 9.17) is 4.74 Å². The molecule has 1 unspecified atom stereocenters. The Bertz CT molecular complexity index is 690. The molecule has 2 aromatic heterocycles. The van der Waals surface area contributed by atoms with Gasteiger partial charge in [0.15, 0.2) is 5.69 Å². The molecule has 0 spiro atoms. The molecule has 2 heterocycles. The molecule has 0 N–H and O–H groups in total. The summed E-state index contributed by atoms with van der Waals surface area (Å²) in [5, 5.41) is 12.0. The highest BCUT2D eigenvalue weighted by atomic mass is 16.5. The normalized spacial score (nSPS) is 12.0. The number of ether oxygens (including phenoxy) is 2. The molecule has 9 nitrogen and oxygen atoms in total. The summed E-state index contributed by atoms with van der Waals surface area (Å²) >= 11 is 0. The van der Waals surface area contributed by atoms with Crippen LogP contribution in [-0.4, -0.2) is 50.4 Å². The summed E-state index contributed by atoms with van der Waals surface area (Å²) in [6.45, 7) is 3.61. The van der Waals surface area contributed by atoms with Gasteiger partial charge in [-0.3, -0.25) is 4.68 Å². The van der Waals surface area contributed by atoms with E-state index in [-0.39, 0.29) is 12.3 Å². The smallest absolute Gasteiger partial charge is 0.359 e. The zero-order valence-electron chi connectivity index (χ0n) is 12.8. The van der Waals surface area contributed by atoms with E-state index >= 15 is 0 Å². The third kappa shape index (κ3) is 2.97. The molecular weight excluding hydrogens is 290 g/mol. The Morgan fingerprint density at radius 3 is 2.73 bits per heavy atom. The Hall–Kier alpha value is -2.71. The number of aromatic nitrogens is 5. The maximum Gasteiger partial charge on any atom is 0.359 e. The number of nitrogens with zero attached hydrogens (tertiary/aromatic N) is 5. The van der Waals surface area contributed by atoms with Crippen LogP contribution in [0.2, 0.25) is 0 Å². The third-order valence-corrected chi connectivity index (χ3v) is 3.02. The van der Waals surface area contributed by atoms with E-state index in [2.05, 4.69) is 20.1 Å². The van der Waals surface area contributed by atoms with Crippen molar-refractivity contribution in [2.45, 2.75) is 19.9 Å². The minimum absolute atomic E-state index is 0.155. The van der Waals surface area contributed by atoms with Crippen LogP contribution in [0.4, 0.5) is 0 Å². The van der Waals surface area contributed by atoms with E-state index in [1.54, 1.807) is 33.3 Å². The number of aryl methyl sites for hydroxylation is 1. The van der Waals surface area contributed by atoms with Gasteiger partial charge in [-0.25, -0.2) is 14.3 Å². The van der Waals surface area contributed by atoms with Crippen molar-refractivity contribution in [2.24, 2.45) is 7.05 Å². The summed E-state index contributed by atoms with van der Waals surface area (Å²) < 4.78 is 12.5. The molecule has 0 aliphatic rings. The minimum Gasteiger partial charge on any atom is -0.467 e. The number of methoxy groups -OCH3 is 1. The minimum atomic E-state index is -0.617. The largest absolute Gasteiger partial charge is 0.467 e. The molecule has 2 rings (SSSR count). The molecule has 0 radical (unpaired) electrons. The van der Waals surface area contributed by atoms with Crippen molar-refractivity contribution < 1.29 is 19.1 Å². The van der Waals surface area contributed by atoms with Crippen molar-refractivity contribution in [1.29, 1.82) is 0 Å². The highest BCUT2D eigenvalue weighted by molar-refractivity contribution is 5.94. The number of rotatable bonds is 5. The lowest BCUT2D eigenvalue weighted by molar-refractivity contribution is -0.144. The van der Waals surface area contributed by atoms with Gasteiger partial charge in [0, 0.05) is 13.2 Å². The maximum atomic E-state index is 11.9. The SMILES string of the molecule is CCOC(=O)c1nn(C)cc1-c1cn(C(C)C(=O)OC)nn1. The first-order chi connectivity index (χ1) is 10.5. The van der Waals surface area contributed by atoms with Gasteiger partial charge in [-0.2, -0.15) is 5.10 Å². The monoisotopic (exact) mass is 307 g/mol. The van der Waals surface area contributed by atoms with Gasteiger partial charge >= 0.3 is 11.9 Å². The Morgan fingerprint density at radius 2 is 2.09 bits per heavy atom. The summed E-state index contributed by atoms with van der Waals surface area (Å²) in [5.41, 5.74) is 1.07. The molecular formula is C13H17N5O4. The molecule has 1 atom stereocenters. The lowest BCUT2D eigenvalue weighted by atomic mass is 10.2. The highest BCUT2D eigenvalue weighted by Crippen LogP contribution is 2.22. The van der Waals surface area contributed by atoms with Crippen LogP contribution in [0.15, 0.2) is 12.4 Å². The van der Waals surface area contributed by atoms with Gasteiger partial charge in [-0.05, 0) is 13.8 Å².